The first-order valence-corrected chi connectivity index (χ1v) is 4.72. The lowest BCUT2D eigenvalue weighted by Crippen LogP contribution is -2.04. The zero-order valence-electron chi connectivity index (χ0n) is 8.56. The van der Waals surface area contributed by atoms with Crippen molar-refractivity contribution in [3.05, 3.63) is 35.1 Å². The van der Waals surface area contributed by atoms with Gasteiger partial charge in [-0.1, -0.05) is 0 Å². The molecule has 0 atom stereocenters. The average molecular weight is 229 g/mol. The number of aryl methyl sites for hydroxylation is 1. The SMILES string of the molecule is Cc1cc(C(F)(F)F)cc2oc(CN)cc12. The topological polar surface area (TPSA) is 39.2 Å². The highest BCUT2D eigenvalue weighted by Crippen LogP contribution is 2.34. The molecule has 0 bridgehead atoms. The van der Waals surface area contributed by atoms with Crippen LogP contribution >= 0.6 is 0 Å². The zero-order valence-corrected chi connectivity index (χ0v) is 8.56. The molecule has 2 aromatic rings. The fraction of sp³-hybridized carbons (Fsp3) is 0.273. The van der Waals surface area contributed by atoms with Crippen LogP contribution in [-0.2, 0) is 12.7 Å². The summed E-state index contributed by atoms with van der Waals surface area (Å²) in [5.41, 5.74) is 5.44. The molecule has 2 N–H and O–H groups in total. The van der Waals surface area contributed by atoms with E-state index >= 15 is 0 Å². The van der Waals surface area contributed by atoms with E-state index in [1.54, 1.807) is 13.0 Å². The van der Waals surface area contributed by atoms with Gasteiger partial charge < -0.3 is 10.2 Å². The predicted octanol–water partition coefficient (Wildman–Crippen LogP) is 3.22. The zero-order chi connectivity index (χ0) is 11.9. The van der Waals surface area contributed by atoms with Crippen molar-refractivity contribution in [2.45, 2.75) is 19.6 Å². The summed E-state index contributed by atoms with van der Waals surface area (Å²) in [7, 11) is 0. The van der Waals surface area contributed by atoms with E-state index in [2.05, 4.69) is 0 Å². The molecule has 2 nitrogen and oxygen atoms in total. The van der Waals surface area contributed by atoms with E-state index in [0.29, 0.717) is 16.7 Å². The van der Waals surface area contributed by atoms with Gasteiger partial charge in [0.25, 0.3) is 0 Å². The highest BCUT2D eigenvalue weighted by molar-refractivity contribution is 5.82. The number of rotatable bonds is 1. The van der Waals surface area contributed by atoms with E-state index < -0.39 is 11.7 Å². The largest absolute Gasteiger partial charge is 0.460 e. The molecule has 0 aliphatic carbocycles. The van der Waals surface area contributed by atoms with E-state index in [1.807, 2.05) is 0 Å². The summed E-state index contributed by atoms with van der Waals surface area (Å²) in [6.45, 7) is 1.79. The molecule has 0 fully saturated rings. The molecular formula is C11H10F3NO. The first-order chi connectivity index (χ1) is 7.41. The highest BCUT2D eigenvalue weighted by Gasteiger charge is 2.31. The van der Waals surface area contributed by atoms with Gasteiger partial charge in [0, 0.05) is 5.39 Å². The lowest BCUT2D eigenvalue weighted by Gasteiger charge is -2.07. The Morgan fingerprint density at radius 2 is 1.94 bits per heavy atom. The minimum Gasteiger partial charge on any atom is -0.460 e. The van der Waals surface area contributed by atoms with Gasteiger partial charge in [-0.25, -0.2) is 0 Å². The van der Waals surface area contributed by atoms with Crippen molar-refractivity contribution in [3.63, 3.8) is 0 Å². The Morgan fingerprint density at radius 3 is 2.50 bits per heavy atom. The Morgan fingerprint density at radius 1 is 1.25 bits per heavy atom. The van der Waals surface area contributed by atoms with Gasteiger partial charge in [-0.15, -0.1) is 0 Å². The van der Waals surface area contributed by atoms with Crippen molar-refractivity contribution in [1.82, 2.24) is 0 Å². The van der Waals surface area contributed by atoms with Crippen LogP contribution in [0.3, 0.4) is 0 Å². The molecular weight excluding hydrogens is 219 g/mol. The summed E-state index contributed by atoms with van der Waals surface area (Å²) in [6.07, 6.45) is -4.35. The summed E-state index contributed by atoms with van der Waals surface area (Å²) in [5, 5.41) is 0.674. The fourth-order valence-corrected chi connectivity index (χ4v) is 1.63. The number of hydrogen-bond acceptors (Lipinski definition) is 2. The minimum absolute atomic E-state index is 0.176. The number of fused-ring (bicyclic) bond motifs is 1. The minimum atomic E-state index is -4.35. The van der Waals surface area contributed by atoms with Crippen LogP contribution in [0.25, 0.3) is 11.0 Å². The highest BCUT2D eigenvalue weighted by atomic mass is 19.4. The van der Waals surface area contributed by atoms with Gasteiger partial charge in [-0.2, -0.15) is 13.2 Å². The molecule has 0 aliphatic rings. The van der Waals surface area contributed by atoms with Crippen molar-refractivity contribution in [1.29, 1.82) is 0 Å². The van der Waals surface area contributed by atoms with Crippen molar-refractivity contribution < 1.29 is 17.6 Å². The van der Waals surface area contributed by atoms with E-state index in [4.69, 9.17) is 10.2 Å². The van der Waals surface area contributed by atoms with Gasteiger partial charge in [0.1, 0.15) is 11.3 Å². The molecule has 2 rings (SSSR count). The van der Waals surface area contributed by atoms with Crippen LogP contribution in [0.1, 0.15) is 16.9 Å². The molecule has 0 unspecified atom stereocenters. The van der Waals surface area contributed by atoms with Gasteiger partial charge in [0.15, 0.2) is 0 Å². The van der Waals surface area contributed by atoms with Crippen molar-refractivity contribution in [3.8, 4) is 0 Å². The molecule has 86 valence electrons. The Balaban J connectivity index is 2.67. The molecule has 0 aliphatic heterocycles. The predicted molar refractivity (Wildman–Crippen MR) is 53.8 cm³/mol. The Labute approximate surface area is 89.8 Å². The maximum absolute atomic E-state index is 12.5. The molecule has 0 radical (unpaired) electrons. The first kappa shape index (κ1) is 11.0. The summed E-state index contributed by atoms with van der Waals surface area (Å²) in [4.78, 5) is 0. The standard InChI is InChI=1S/C11H10F3NO/c1-6-2-7(11(12,13)14)3-10-9(6)4-8(5-15)16-10/h2-4H,5,15H2,1H3. The molecule has 1 heterocycles. The summed E-state index contributed by atoms with van der Waals surface area (Å²) in [6, 6.07) is 3.78. The van der Waals surface area contributed by atoms with Crippen LogP contribution in [0.15, 0.2) is 22.6 Å². The third-order valence-corrected chi connectivity index (χ3v) is 2.42. The molecule has 16 heavy (non-hydrogen) atoms. The van der Waals surface area contributed by atoms with E-state index in [1.165, 1.54) is 0 Å². The molecule has 0 saturated heterocycles. The normalized spacial score (nSPS) is 12.3. The van der Waals surface area contributed by atoms with Crippen LogP contribution in [0, 0.1) is 6.92 Å². The van der Waals surface area contributed by atoms with Crippen LogP contribution in [-0.4, -0.2) is 0 Å². The van der Waals surface area contributed by atoms with Crippen molar-refractivity contribution >= 4 is 11.0 Å². The van der Waals surface area contributed by atoms with E-state index in [-0.39, 0.29) is 12.1 Å². The number of alkyl halides is 3. The second-order valence-electron chi connectivity index (χ2n) is 3.62. The van der Waals surface area contributed by atoms with Crippen LogP contribution in [0.2, 0.25) is 0 Å². The lowest BCUT2D eigenvalue weighted by molar-refractivity contribution is -0.137. The lowest BCUT2D eigenvalue weighted by atomic mass is 10.1. The molecule has 0 saturated carbocycles. The second kappa shape index (κ2) is 3.52. The second-order valence-corrected chi connectivity index (χ2v) is 3.62. The average Bonchev–Trinajstić information content (AvgIpc) is 2.59. The van der Waals surface area contributed by atoms with Crippen molar-refractivity contribution in [2.75, 3.05) is 0 Å². The third-order valence-electron chi connectivity index (χ3n) is 2.42. The summed E-state index contributed by atoms with van der Waals surface area (Å²) < 4.78 is 42.8. The van der Waals surface area contributed by atoms with E-state index in [9.17, 15) is 13.2 Å². The summed E-state index contributed by atoms with van der Waals surface area (Å²) in [5.74, 6) is 0.484. The van der Waals surface area contributed by atoms with Crippen LogP contribution < -0.4 is 5.73 Å². The molecule has 0 amide bonds. The number of nitrogens with two attached hydrogens (primary N) is 1. The van der Waals surface area contributed by atoms with Crippen LogP contribution in [0.5, 0.6) is 0 Å². The van der Waals surface area contributed by atoms with Gasteiger partial charge in [0.2, 0.25) is 0 Å². The molecule has 0 spiro atoms. The fourth-order valence-electron chi connectivity index (χ4n) is 1.63. The first-order valence-electron chi connectivity index (χ1n) is 4.72. The number of furan rings is 1. The Hall–Kier alpha value is -1.49. The Kier molecular flexibility index (Phi) is 2.42. The monoisotopic (exact) mass is 229 g/mol. The van der Waals surface area contributed by atoms with Crippen LogP contribution in [0.4, 0.5) is 13.2 Å². The van der Waals surface area contributed by atoms with Crippen molar-refractivity contribution in [2.24, 2.45) is 5.73 Å². The smallest absolute Gasteiger partial charge is 0.416 e. The quantitative estimate of drug-likeness (QED) is 0.815. The number of halogens is 3. The maximum atomic E-state index is 12.5. The van der Waals surface area contributed by atoms with Gasteiger partial charge in [-0.05, 0) is 30.7 Å². The molecule has 1 aromatic heterocycles. The Bertz CT molecular complexity index is 528. The maximum Gasteiger partial charge on any atom is 0.416 e. The number of hydrogen-bond donors (Lipinski definition) is 1. The summed E-state index contributed by atoms with van der Waals surface area (Å²) >= 11 is 0. The van der Waals surface area contributed by atoms with Gasteiger partial charge >= 0.3 is 6.18 Å². The number of benzene rings is 1. The van der Waals surface area contributed by atoms with Gasteiger partial charge in [0.05, 0.1) is 12.1 Å². The van der Waals surface area contributed by atoms with E-state index in [0.717, 1.165) is 12.1 Å². The molecule has 5 heteroatoms. The molecule has 1 aromatic carbocycles. The van der Waals surface area contributed by atoms with Gasteiger partial charge in [-0.3, -0.25) is 0 Å². The third kappa shape index (κ3) is 1.78.